The van der Waals surface area contributed by atoms with Crippen molar-refractivity contribution in [3.63, 3.8) is 0 Å². The van der Waals surface area contributed by atoms with E-state index in [1.165, 1.54) is 6.07 Å². The first-order valence-corrected chi connectivity index (χ1v) is 8.16. The summed E-state index contributed by atoms with van der Waals surface area (Å²) in [6.45, 7) is 4.17. The molecule has 1 aromatic rings. The van der Waals surface area contributed by atoms with Gasteiger partial charge in [-0.3, -0.25) is 9.69 Å². The van der Waals surface area contributed by atoms with E-state index in [1.54, 1.807) is 6.07 Å². The fourth-order valence-electron chi connectivity index (χ4n) is 3.10. The molecule has 0 saturated carbocycles. The fraction of sp³-hybridized carbons (Fsp3) is 0.562. The van der Waals surface area contributed by atoms with Crippen LogP contribution in [-0.2, 0) is 11.3 Å². The Bertz CT molecular complexity index is 513. The lowest BCUT2D eigenvalue weighted by atomic mass is 9.75. The molecule has 116 valence electrons. The minimum absolute atomic E-state index is 0.254. The number of carboxylic acids is 1. The highest BCUT2D eigenvalue weighted by Gasteiger charge is 2.40. The zero-order chi connectivity index (χ0) is 15.5. The molecule has 0 atom stereocenters. The number of rotatable bonds is 5. The van der Waals surface area contributed by atoms with Gasteiger partial charge in [0, 0.05) is 6.54 Å². The summed E-state index contributed by atoms with van der Waals surface area (Å²) in [6.07, 6.45) is 2.97. The van der Waals surface area contributed by atoms with Gasteiger partial charge in [-0.15, -0.1) is 0 Å². The number of likely N-dealkylation sites (tertiary alicyclic amines) is 1. The van der Waals surface area contributed by atoms with Gasteiger partial charge in [0.15, 0.2) is 0 Å². The predicted octanol–water partition coefficient (Wildman–Crippen LogP) is 4.06. The molecule has 2 rings (SSSR count). The van der Waals surface area contributed by atoms with Gasteiger partial charge < -0.3 is 5.11 Å². The van der Waals surface area contributed by atoms with Gasteiger partial charge in [-0.25, -0.2) is 4.39 Å². The SMILES string of the molecule is CCCC1(C(=O)O)CCN(Cc2cccc(F)c2Br)CC1. The second-order valence-corrected chi connectivity index (χ2v) is 6.62. The molecule has 5 heteroatoms. The Morgan fingerprint density at radius 2 is 2.10 bits per heavy atom. The number of carboxylic acid groups (broad SMARTS) is 1. The Morgan fingerprint density at radius 1 is 1.43 bits per heavy atom. The molecule has 1 aromatic carbocycles. The van der Waals surface area contributed by atoms with Crippen LogP contribution in [0.1, 0.15) is 38.2 Å². The van der Waals surface area contributed by atoms with Crippen molar-refractivity contribution in [2.75, 3.05) is 13.1 Å². The van der Waals surface area contributed by atoms with Crippen LogP contribution in [0.5, 0.6) is 0 Å². The van der Waals surface area contributed by atoms with Crippen molar-refractivity contribution >= 4 is 21.9 Å². The van der Waals surface area contributed by atoms with Gasteiger partial charge in [0.05, 0.1) is 9.89 Å². The van der Waals surface area contributed by atoms with E-state index < -0.39 is 11.4 Å². The van der Waals surface area contributed by atoms with Crippen molar-refractivity contribution in [3.8, 4) is 0 Å². The van der Waals surface area contributed by atoms with Gasteiger partial charge in [-0.2, -0.15) is 0 Å². The molecule has 0 aliphatic carbocycles. The molecule has 0 aromatic heterocycles. The van der Waals surface area contributed by atoms with Crippen LogP contribution in [0.4, 0.5) is 4.39 Å². The van der Waals surface area contributed by atoms with Gasteiger partial charge in [0.25, 0.3) is 0 Å². The summed E-state index contributed by atoms with van der Waals surface area (Å²) in [4.78, 5) is 13.8. The van der Waals surface area contributed by atoms with E-state index in [0.717, 1.165) is 31.5 Å². The number of hydrogen-bond donors (Lipinski definition) is 1. The molecule has 1 aliphatic rings. The Balaban J connectivity index is 2.01. The van der Waals surface area contributed by atoms with E-state index in [2.05, 4.69) is 20.8 Å². The van der Waals surface area contributed by atoms with Crippen LogP contribution >= 0.6 is 15.9 Å². The van der Waals surface area contributed by atoms with Crippen LogP contribution in [-0.4, -0.2) is 29.1 Å². The molecule has 1 saturated heterocycles. The normalized spacial score (nSPS) is 18.6. The molecule has 0 radical (unpaired) electrons. The maximum Gasteiger partial charge on any atom is 0.309 e. The van der Waals surface area contributed by atoms with Gasteiger partial charge >= 0.3 is 5.97 Å². The zero-order valence-electron chi connectivity index (χ0n) is 12.2. The summed E-state index contributed by atoms with van der Waals surface area (Å²) in [5, 5.41) is 9.50. The fourth-order valence-corrected chi connectivity index (χ4v) is 3.49. The maximum atomic E-state index is 13.5. The summed E-state index contributed by atoms with van der Waals surface area (Å²) >= 11 is 3.28. The summed E-state index contributed by atoms with van der Waals surface area (Å²) < 4.78 is 14.0. The highest BCUT2D eigenvalue weighted by Crippen LogP contribution is 2.37. The lowest BCUT2D eigenvalue weighted by molar-refractivity contribution is -0.152. The van der Waals surface area contributed by atoms with E-state index in [9.17, 15) is 14.3 Å². The molecule has 1 heterocycles. The summed E-state index contributed by atoms with van der Waals surface area (Å²) in [5.41, 5.74) is 0.345. The van der Waals surface area contributed by atoms with E-state index in [1.807, 2.05) is 13.0 Å². The first-order chi connectivity index (χ1) is 9.98. The van der Waals surface area contributed by atoms with Crippen molar-refractivity contribution in [1.82, 2.24) is 4.90 Å². The van der Waals surface area contributed by atoms with Crippen molar-refractivity contribution in [2.45, 2.75) is 39.2 Å². The number of benzene rings is 1. The molecule has 1 aliphatic heterocycles. The zero-order valence-corrected chi connectivity index (χ0v) is 13.8. The van der Waals surface area contributed by atoms with Crippen LogP contribution in [0, 0.1) is 11.2 Å². The lowest BCUT2D eigenvalue weighted by Crippen LogP contribution is -2.44. The largest absolute Gasteiger partial charge is 0.481 e. The number of carbonyl (C=O) groups is 1. The Hall–Kier alpha value is -0.940. The number of piperidine rings is 1. The number of nitrogens with zero attached hydrogens (tertiary/aromatic N) is 1. The standard InChI is InChI=1S/C16H21BrFNO2/c1-2-6-16(15(20)21)7-9-19(10-8-16)11-12-4-3-5-13(18)14(12)17/h3-5H,2,6-11H2,1H3,(H,20,21). The Morgan fingerprint density at radius 3 is 2.67 bits per heavy atom. The minimum Gasteiger partial charge on any atom is -0.481 e. The molecule has 0 bridgehead atoms. The maximum absolute atomic E-state index is 13.5. The highest BCUT2D eigenvalue weighted by molar-refractivity contribution is 9.10. The summed E-state index contributed by atoms with van der Waals surface area (Å²) in [6, 6.07) is 5.04. The predicted molar refractivity (Wildman–Crippen MR) is 83.6 cm³/mol. The van der Waals surface area contributed by atoms with Crippen molar-refractivity contribution < 1.29 is 14.3 Å². The van der Waals surface area contributed by atoms with Crippen molar-refractivity contribution in [3.05, 3.63) is 34.1 Å². The first-order valence-electron chi connectivity index (χ1n) is 7.37. The quantitative estimate of drug-likeness (QED) is 0.863. The van der Waals surface area contributed by atoms with Crippen LogP contribution in [0.2, 0.25) is 0 Å². The second-order valence-electron chi connectivity index (χ2n) is 5.82. The van der Waals surface area contributed by atoms with Crippen LogP contribution in [0.25, 0.3) is 0 Å². The van der Waals surface area contributed by atoms with Gasteiger partial charge in [-0.1, -0.05) is 25.5 Å². The molecule has 0 amide bonds. The summed E-state index contributed by atoms with van der Waals surface area (Å²) in [5.74, 6) is -0.925. The smallest absolute Gasteiger partial charge is 0.309 e. The minimum atomic E-state index is -0.670. The Kier molecular flexibility index (Phi) is 5.38. The van der Waals surface area contributed by atoms with E-state index >= 15 is 0 Å². The van der Waals surface area contributed by atoms with Crippen LogP contribution in [0.15, 0.2) is 22.7 Å². The number of hydrogen-bond acceptors (Lipinski definition) is 2. The Labute approximate surface area is 133 Å². The molecule has 1 N–H and O–H groups in total. The monoisotopic (exact) mass is 357 g/mol. The lowest BCUT2D eigenvalue weighted by Gasteiger charge is -2.39. The van der Waals surface area contributed by atoms with E-state index in [0.29, 0.717) is 23.9 Å². The average molecular weight is 358 g/mol. The molecule has 3 nitrogen and oxygen atoms in total. The van der Waals surface area contributed by atoms with Gasteiger partial charge in [0.1, 0.15) is 5.82 Å². The molecular weight excluding hydrogens is 337 g/mol. The molecule has 1 fully saturated rings. The molecule has 21 heavy (non-hydrogen) atoms. The van der Waals surface area contributed by atoms with Crippen molar-refractivity contribution in [2.24, 2.45) is 5.41 Å². The van der Waals surface area contributed by atoms with Crippen LogP contribution < -0.4 is 0 Å². The third kappa shape index (κ3) is 3.64. The van der Waals surface area contributed by atoms with Crippen molar-refractivity contribution in [1.29, 1.82) is 0 Å². The highest BCUT2D eigenvalue weighted by atomic mass is 79.9. The molecular formula is C16H21BrFNO2. The van der Waals surface area contributed by atoms with E-state index in [4.69, 9.17) is 0 Å². The van der Waals surface area contributed by atoms with Crippen LogP contribution in [0.3, 0.4) is 0 Å². The average Bonchev–Trinajstić information content (AvgIpc) is 2.46. The summed E-state index contributed by atoms with van der Waals surface area (Å²) in [7, 11) is 0. The third-order valence-electron chi connectivity index (χ3n) is 4.42. The number of halogens is 2. The number of aliphatic carboxylic acids is 1. The molecule has 0 spiro atoms. The topological polar surface area (TPSA) is 40.5 Å². The third-order valence-corrected chi connectivity index (χ3v) is 5.31. The first kappa shape index (κ1) is 16.4. The van der Waals surface area contributed by atoms with Gasteiger partial charge in [-0.05, 0) is 59.9 Å². The van der Waals surface area contributed by atoms with E-state index in [-0.39, 0.29) is 5.82 Å². The molecule has 0 unspecified atom stereocenters. The second kappa shape index (κ2) is 6.88. The van der Waals surface area contributed by atoms with Gasteiger partial charge in [0.2, 0.25) is 0 Å².